The normalized spacial score (nSPS) is 10.6. The Labute approximate surface area is 167 Å². The largest absolute Gasteiger partial charge is 0.398 e. The first-order chi connectivity index (χ1) is 13.5. The number of Topliss-reactive ketones (excluding diaryl/α,β-unsaturated/α-hetero) is 1. The second-order valence-electron chi connectivity index (χ2n) is 6.11. The lowest BCUT2D eigenvalue weighted by Crippen LogP contribution is -2.14. The molecule has 0 aliphatic rings. The number of benzene rings is 2. The van der Waals surface area contributed by atoms with Crippen LogP contribution >= 0.6 is 11.8 Å². The zero-order valence-electron chi connectivity index (χ0n) is 15.7. The van der Waals surface area contributed by atoms with Crippen LogP contribution in [0, 0.1) is 0 Å². The maximum atomic E-state index is 12.3. The highest BCUT2D eigenvalue weighted by Gasteiger charge is 2.16. The average molecular weight is 395 g/mol. The highest BCUT2D eigenvalue weighted by atomic mass is 32.2. The van der Waals surface area contributed by atoms with Gasteiger partial charge in [-0.3, -0.25) is 9.59 Å². The molecule has 1 heterocycles. The molecule has 0 spiro atoms. The number of thioether (sulfide) groups is 1. The van der Waals surface area contributed by atoms with E-state index in [9.17, 15) is 9.59 Å². The fraction of sp³-hybridized carbons (Fsp3) is 0.200. The van der Waals surface area contributed by atoms with Gasteiger partial charge < -0.3 is 15.6 Å². The second-order valence-corrected chi connectivity index (χ2v) is 7.05. The predicted molar refractivity (Wildman–Crippen MR) is 111 cm³/mol. The van der Waals surface area contributed by atoms with Gasteiger partial charge >= 0.3 is 0 Å². The molecule has 2 aromatic carbocycles. The van der Waals surface area contributed by atoms with E-state index in [2.05, 4.69) is 15.5 Å². The number of para-hydroxylation sites is 1. The predicted octanol–water partition coefficient (Wildman–Crippen LogP) is 3.48. The molecular formula is C20H21N5O2S. The number of hydrogen-bond acceptors (Lipinski definition) is 6. The van der Waals surface area contributed by atoms with E-state index in [1.54, 1.807) is 24.3 Å². The fourth-order valence-electron chi connectivity index (χ4n) is 2.70. The van der Waals surface area contributed by atoms with Crippen LogP contribution in [-0.4, -0.2) is 32.2 Å². The van der Waals surface area contributed by atoms with E-state index >= 15 is 0 Å². The highest BCUT2D eigenvalue weighted by molar-refractivity contribution is 7.99. The van der Waals surface area contributed by atoms with Gasteiger partial charge in [0.1, 0.15) is 0 Å². The van der Waals surface area contributed by atoms with Crippen LogP contribution < -0.4 is 11.1 Å². The Morgan fingerprint density at radius 3 is 2.46 bits per heavy atom. The van der Waals surface area contributed by atoms with Crippen LogP contribution in [0.1, 0.15) is 24.2 Å². The molecule has 3 rings (SSSR count). The van der Waals surface area contributed by atoms with Crippen molar-refractivity contribution in [3.8, 4) is 11.4 Å². The number of anilines is 2. The third-order valence-electron chi connectivity index (χ3n) is 4.14. The molecule has 144 valence electrons. The lowest BCUT2D eigenvalue weighted by atomic mass is 10.1. The van der Waals surface area contributed by atoms with Crippen LogP contribution in [0.2, 0.25) is 0 Å². The van der Waals surface area contributed by atoms with E-state index in [0.29, 0.717) is 34.5 Å². The van der Waals surface area contributed by atoms with E-state index in [-0.39, 0.29) is 17.4 Å². The molecule has 1 amide bonds. The molecule has 3 N–H and O–H groups in total. The molecule has 0 saturated carbocycles. The highest BCUT2D eigenvalue weighted by Crippen LogP contribution is 2.27. The number of nitrogens with two attached hydrogens (primary N) is 1. The first kappa shape index (κ1) is 19.6. The zero-order valence-corrected chi connectivity index (χ0v) is 16.5. The van der Waals surface area contributed by atoms with Crippen LogP contribution in [0.3, 0.4) is 0 Å². The Balaban J connectivity index is 1.67. The summed E-state index contributed by atoms with van der Waals surface area (Å²) in [5.41, 5.74) is 8.75. The molecule has 0 aliphatic heterocycles. The molecule has 0 unspecified atom stereocenters. The molecule has 0 fully saturated rings. The van der Waals surface area contributed by atoms with Crippen molar-refractivity contribution in [2.45, 2.75) is 25.5 Å². The van der Waals surface area contributed by atoms with Crippen molar-refractivity contribution >= 4 is 34.8 Å². The fourth-order valence-corrected chi connectivity index (χ4v) is 3.50. The zero-order chi connectivity index (χ0) is 20.1. The second kappa shape index (κ2) is 8.71. The smallest absolute Gasteiger partial charge is 0.234 e. The van der Waals surface area contributed by atoms with Gasteiger partial charge in [-0.05, 0) is 50.2 Å². The third-order valence-corrected chi connectivity index (χ3v) is 5.11. The summed E-state index contributed by atoms with van der Waals surface area (Å²) in [6.07, 6.45) is 0. The van der Waals surface area contributed by atoms with E-state index < -0.39 is 0 Å². The number of carbonyl (C=O) groups excluding carboxylic acids is 2. The van der Waals surface area contributed by atoms with Gasteiger partial charge in [-0.1, -0.05) is 23.9 Å². The molecule has 7 nitrogen and oxygen atoms in total. The number of nitrogen functional groups attached to an aromatic ring is 1. The first-order valence-corrected chi connectivity index (χ1v) is 9.80. The van der Waals surface area contributed by atoms with Gasteiger partial charge in [0.05, 0.1) is 5.75 Å². The molecule has 0 bridgehead atoms. The summed E-state index contributed by atoms with van der Waals surface area (Å²) in [5.74, 6) is 0.703. The number of ketones is 1. The number of hydrogen-bond donors (Lipinski definition) is 2. The topological polar surface area (TPSA) is 103 Å². The molecule has 0 atom stereocenters. The Kier molecular flexibility index (Phi) is 6.10. The quantitative estimate of drug-likeness (QED) is 0.361. The molecule has 0 radical (unpaired) electrons. The van der Waals surface area contributed by atoms with Crippen LogP contribution in [0.15, 0.2) is 53.7 Å². The summed E-state index contributed by atoms with van der Waals surface area (Å²) in [5, 5.41) is 11.9. The van der Waals surface area contributed by atoms with Crippen LogP contribution in [0.4, 0.5) is 11.4 Å². The summed E-state index contributed by atoms with van der Waals surface area (Å²) in [6.45, 7) is 4.16. The van der Waals surface area contributed by atoms with Gasteiger partial charge in [-0.15, -0.1) is 10.2 Å². The van der Waals surface area contributed by atoms with Gasteiger partial charge in [0, 0.05) is 29.0 Å². The number of rotatable bonds is 7. The lowest BCUT2D eigenvalue weighted by molar-refractivity contribution is -0.113. The summed E-state index contributed by atoms with van der Waals surface area (Å²) < 4.78 is 1.94. The average Bonchev–Trinajstić information content (AvgIpc) is 3.10. The number of carbonyl (C=O) groups is 2. The van der Waals surface area contributed by atoms with Crippen molar-refractivity contribution in [1.82, 2.24) is 14.8 Å². The molecule has 28 heavy (non-hydrogen) atoms. The summed E-state index contributed by atoms with van der Waals surface area (Å²) in [4.78, 5) is 23.6. The molecule has 1 aromatic heterocycles. The van der Waals surface area contributed by atoms with Gasteiger partial charge in [0.2, 0.25) is 5.91 Å². The minimum absolute atomic E-state index is 0.0119. The number of nitrogens with one attached hydrogen (secondary N) is 1. The van der Waals surface area contributed by atoms with Crippen LogP contribution in [0.25, 0.3) is 11.4 Å². The van der Waals surface area contributed by atoms with Gasteiger partial charge in [0.25, 0.3) is 0 Å². The van der Waals surface area contributed by atoms with E-state index in [1.807, 2.05) is 35.8 Å². The first-order valence-electron chi connectivity index (χ1n) is 8.81. The Hall–Kier alpha value is -3.13. The monoisotopic (exact) mass is 395 g/mol. The maximum absolute atomic E-state index is 12.3. The van der Waals surface area contributed by atoms with Crippen molar-refractivity contribution < 1.29 is 9.59 Å². The van der Waals surface area contributed by atoms with Crippen molar-refractivity contribution in [3.63, 3.8) is 0 Å². The minimum Gasteiger partial charge on any atom is -0.398 e. The molecular weight excluding hydrogens is 374 g/mol. The van der Waals surface area contributed by atoms with Crippen LogP contribution in [0.5, 0.6) is 0 Å². The standard InChI is InChI=1S/C20H21N5O2S/c1-3-25-19(16-6-4-5-7-17(16)21)23-24-20(25)28-12-18(27)22-15-10-8-14(9-11-15)13(2)26/h4-11H,3,12,21H2,1-2H3,(H,22,27). The summed E-state index contributed by atoms with van der Waals surface area (Å²) >= 11 is 1.31. The molecule has 8 heteroatoms. The Morgan fingerprint density at radius 1 is 1.11 bits per heavy atom. The van der Waals surface area contributed by atoms with Crippen molar-refractivity contribution in [2.24, 2.45) is 0 Å². The van der Waals surface area contributed by atoms with Crippen molar-refractivity contribution in [3.05, 3.63) is 54.1 Å². The number of amides is 1. The summed E-state index contributed by atoms with van der Waals surface area (Å²) in [7, 11) is 0. The van der Waals surface area contributed by atoms with E-state index in [1.165, 1.54) is 18.7 Å². The van der Waals surface area contributed by atoms with Gasteiger partial charge in [-0.25, -0.2) is 0 Å². The van der Waals surface area contributed by atoms with Crippen molar-refractivity contribution in [1.29, 1.82) is 0 Å². The van der Waals surface area contributed by atoms with E-state index in [0.717, 1.165) is 5.56 Å². The summed E-state index contributed by atoms with van der Waals surface area (Å²) in [6, 6.07) is 14.3. The molecule has 0 saturated heterocycles. The number of aromatic nitrogens is 3. The third kappa shape index (κ3) is 4.40. The SMILES string of the molecule is CCn1c(SCC(=O)Nc2ccc(C(C)=O)cc2)nnc1-c1ccccc1N. The minimum atomic E-state index is -0.160. The Bertz CT molecular complexity index is 998. The van der Waals surface area contributed by atoms with E-state index in [4.69, 9.17) is 5.73 Å². The maximum Gasteiger partial charge on any atom is 0.234 e. The Morgan fingerprint density at radius 2 is 1.82 bits per heavy atom. The van der Waals surface area contributed by atoms with Gasteiger partial charge in [-0.2, -0.15) is 0 Å². The van der Waals surface area contributed by atoms with Crippen molar-refractivity contribution in [2.75, 3.05) is 16.8 Å². The lowest BCUT2D eigenvalue weighted by Gasteiger charge is -2.09. The molecule has 0 aliphatic carbocycles. The molecule has 3 aromatic rings. The number of nitrogens with zero attached hydrogens (tertiary/aromatic N) is 3. The van der Waals surface area contributed by atoms with Crippen LogP contribution in [-0.2, 0) is 11.3 Å². The van der Waals surface area contributed by atoms with Gasteiger partial charge in [0.15, 0.2) is 16.8 Å².